The number of hydrogen-bond donors (Lipinski definition) is 5. The Morgan fingerprint density at radius 2 is 0.951 bits per heavy atom. The predicted octanol–water partition coefficient (Wildman–Crippen LogP) is 7.57. The molecule has 0 heterocycles. The maximum Gasteiger partial charge on any atom is 0.267 e. The Morgan fingerprint density at radius 1 is 0.580 bits per heavy atom. The van der Waals surface area contributed by atoms with Crippen LogP contribution >= 0.6 is 12.4 Å². The van der Waals surface area contributed by atoms with Crippen molar-refractivity contribution in [2.75, 3.05) is 47.1 Å². The van der Waals surface area contributed by atoms with E-state index in [1.807, 2.05) is 56.2 Å². The molecule has 0 aliphatic rings. The topological polar surface area (TPSA) is 314 Å². The van der Waals surface area contributed by atoms with Gasteiger partial charge in [0.25, 0.3) is 20.0 Å². The normalized spacial score (nSPS) is 11.9. The van der Waals surface area contributed by atoms with Crippen molar-refractivity contribution in [1.29, 1.82) is 10.5 Å². The molecule has 0 unspecified atom stereocenters. The van der Waals surface area contributed by atoms with E-state index in [0.717, 1.165) is 56.3 Å². The van der Waals surface area contributed by atoms with E-state index in [1.165, 1.54) is 19.2 Å². The molecule has 0 spiro atoms. The maximum absolute atomic E-state index is 15.1. The van der Waals surface area contributed by atoms with Gasteiger partial charge in [-0.2, -0.15) is 10.5 Å². The van der Waals surface area contributed by atoms with Crippen molar-refractivity contribution in [1.82, 2.24) is 18.9 Å². The van der Waals surface area contributed by atoms with Crippen LogP contribution < -0.4 is 28.4 Å². The molecule has 0 bridgehead atoms. The number of halogens is 3. The first-order chi connectivity index (χ1) is 37.4. The van der Waals surface area contributed by atoms with Crippen LogP contribution in [0.1, 0.15) is 156 Å². The fourth-order valence-corrected chi connectivity index (χ4v) is 12.8. The highest BCUT2D eigenvalue weighted by molar-refractivity contribution is 7.91. The third-order valence-corrected chi connectivity index (χ3v) is 17.9. The Hall–Kier alpha value is -5.81. The molecular formula is C54H73ClF2N6O14S4. The molecule has 4 rings (SSSR count). The van der Waals surface area contributed by atoms with E-state index in [2.05, 4.69) is 9.44 Å². The Bertz CT molecular complexity index is 3420. The Kier molecular flexibility index (Phi) is 27.8. The summed E-state index contributed by atoms with van der Waals surface area (Å²) in [6.07, 6.45) is 1.65. The number of hydrogen-bond acceptors (Lipinski definition) is 16. The van der Waals surface area contributed by atoms with Gasteiger partial charge >= 0.3 is 0 Å². The second-order valence-corrected chi connectivity index (χ2v) is 26.3. The summed E-state index contributed by atoms with van der Waals surface area (Å²) >= 11 is 0. The predicted molar refractivity (Wildman–Crippen MR) is 302 cm³/mol. The van der Waals surface area contributed by atoms with Gasteiger partial charge in [-0.25, -0.2) is 61.3 Å². The number of sulfonamides is 4. The summed E-state index contributed by atoms with van der Waals surface area (Å²) in [5.41, 5.74) is 1.80. The van der Waals surface area contributed by atoms with Crippen LogP contribution in [0.15, 0.2) is 68.1 Å². The summed E-state index contributed by atoms with van der Waals surface area (Å²) in [6.45, 7) is 17.1. The Morgan fingerprint density at radius 3 is 1.27 bits per heavy atom. The Balaban J connectivity index is 0.000000549. The highest BCUT2D eigenvalue weighted by Crippen LogP contribution is 2.35. The first-order valence-electron chi connectivity index (χ1n) is 25.6. The number of unbranched alkanes of at least 4 members (excludes halogenated alkanes) is 1. The molecule has 4 aromatic carbocycles. The number of aliphatic hydroxyl groups is 1. The van der Waals surface area contributed by atoms with Crippen molar-refractivity contribution in [3.05, 3.63) is 105 Å². The lowest BCUT2D eigenvalue weighted by Gasteiger charge is -2.21. The van der Waals surface area contributed by atoms with E-state index >= 15 is 8.78 Å². The van der Waals surface area contributed by atoms with Crippen LogP contribution in [0.2, 0.25) is 0 Å². The van der Waals surface area contributed by atoms with Crippen molar-refractivity contribution in [2.45, 2.75) is 144 Å². The number of aliphatic hydroxyl groups excluding tert-OH is 1. The average molecular weight is 1230 g/mol. The second-order valence-electron chi connectivity index (χ2n) is 19.5. The van der Waals surface area contributed by atoms with Crippen molar-refractivity contribution < 1.29 is 71.4 Å². The van der Waals surface area contributed by atoms with Gasteiger partial charge in [-0.3, -0.25) is 9.59 Å². The minimum Gasteiger partial charge on any atom is -0.495 e. The molecular weight excluding hydrogens is 1160 g/mol. The fourth-order valence-electron chi connectivity index (χ4n) is 8.33. The summed E-state index contributed by atoms with van der Waals surface area (Å²) in [4.78, 5) is 24.6. The molecule has 0 radical (unpaired) electrons. The van der Waals surface area contributed by atoms with Crippen LogP contribution in [0.25, 0.3) is 0 Å². The number of methoxy groups -OCH3 is 2. The van der Waals surface area contributed by atoms with E-state index in [0.29, 0.717) is 41.9 Å². The number of carbonyl (C=O) groups is 2. The number of rotatable bonds is 28. The largest absolute Gasteiger partial charge is 0.495 e. The van der Waals surface area contributed by atoms with Crippen LogP contribution in [-0.2, 0) is 67.3 Å². The van der Waals surface area contributed by atoms with Gasteiger partial charge < -0.3 is 19.3 Å². The lowest BCUT2D eigenvalue weighted by molar-refractivity contribution is -0.119. The quantitative estimate of drug-likeness (QED) is 0.0342. The van der Waals surface area contributed by atoms with Gasteiger partial charge in [0.05, 0.1) is 48.0 Å². The van der Waals surface area contributed by atoms with Crippen LogP contribution in [-0.4, -0.2) is 97.7 Å². The molecule has 2 amide bonds. The van der Waals surface area contributed by atoms with Crippen LogP contribution in [0.4, 0.5) is 8.78 Å². The molecule has 0 aliphatic heterocycles. The zero-order valence-corrected chi connectivity index (χ0v) is 51.2. The van der Waals surface area contributed by atoms with E-state index in [4.69, 9.17) is 19.3 Å². The van der Waals surface area contributed by atoms with Gasteiger partial charge in [-0.15, -0.1) is 12.4 Å². The van der Waals surface area contributed by atoms with Gasteiger partial charge in [0.15, 0.2) is 0 Å². The molecule has 0 fully saturated rings. The average Bonchev–Trinajstić information content (AvgIpc) is 3.37. The van der Waals surface area contributed by atoms with Gasteiger partial charge in [0.2, 0.25) is 31.9 Å². The number of amides is 2. The number of carbonyl (C=O) groups excluding carboxylic acids is 2. The molecule has 27 heteroatoms. The fraction of sp³-hybridized carbons (Fsp3) is 0.481. The third-order valence-electron chi connectivity index (χ3n) is 12.2. The highest BCUT2D eigenvalue weighted by Gasteiger charge is 2.31. The molecule has 20 nitrogen and oxygen atoms in total. The summed E-state index contributed by atoms with van der Waals surface area (Å²) in [5, 5.41) is 27.6. The molecule has 81 heavy (non-hydrogen) atoms. The van der Waals surface area contributed by atoms with E-state index in [9.17, 15) is 53.8 Å². The zero-order chi connectivity index (χ0) is 60.5. The molecule has 0 aliphatic carbocycles. The number of ether oxygens (including phenoxy) is 3. The molecule has 448 valence electrons. The van der Waals surface area contributed by atoms with Crippen LogP contribution in [0.5, 0.6) is 11.5 Å². The molecule has 5 N–H and O–H groups in total. The zero-order valence-electron chi connectivity index (χ0n) is 47.2. The second kappa shape index (κ2) is 31.6. The van der Waals surface area contributed by atoms with Crippen LogP contribution in [0, 0.1) is 34.3 Å². The van der Waals surface area contributed by atoms with Gasteiger partial charge in [0.1, 0.15) is 45.1 Å². The van der Waals surface area contributed by atoms with Crippen LogP contribution in [0.3, 0.4) is 0 Å². The molecule has 0 aromatic heterocycles. The first-order valence-corrected chi connectivity index (χ1v) is 31.5. The van der Waals surface area contributed by atoms with Gasteiger partial charge in [-0.05, 0) is 113 Å². The SMILES string of the molecule is CCCCOCCCNS(=O)(=O)c1ccc(S(=O)(=O)NC(=O)Cc2c(C(C)C)cc(C#N)c(F)c2C(C)C)c(OC)c1.COc1cc(S(=O)(=O)NCCCO)ccc1S(=O)(=O)NC(=O)Cc1c(C(C)C)cc(C#N)c(F)c1C(C)C.Cl. The van der Waals surface area contributed by atoms with Crippen molar-refractivity contribution in [3.8, 4) is 23.6 Å². The van der Waals surface area contributed by atoms with Crippen molar-refractivity contribution in [3.63, 3.8) is 0 Å². The summed E-state index contributed by atoms with van der Waals surface area (Å²) < 4.78 is 157. The molecule has 4 aromatic rings. The molecule has 0 saturated heterocycles. The van der Waals surface area contributed by atoms with E-state index in [-0.39, 0.29) is 106 Å². The third kappa shape index (κ3) is 19.1. The minimum atomic E-state index is -4.51. The highest BCUT2D eigenvalue weighted by atomic mass is 35.5. The van der Waals surface area contributed by atoms with Gasteiger partial charge in [-0.1, -0.05) is 68.7 Å². The molecule has 0 saturated carbocycles. The lowest BCUT2D eigenvalue weighted by Crippen LogP contribution is -2.33. The molecule has 0 atom stereocenters. The van der Waals surface area contributed by atoms with Crippen molar-refractivity contribution in [2.24, 2.45) is 0 Å². The number of nitriles is 2. The maximum atomic E-state index is 15.1. The monoisotopic (exact) mass is 1230 g/mol. The number of nitrogens with one attached hydrogen (secondary N) is 4. The van der Waals surface area contributed by atoms with Crippen molar-refractivity contribution >= 4 is 64.3 Å². The van der Waals surface area contributed by atoms with E-state index in [1.54, 1.807) is 27.7 Å². The Labute approximate surface area is 482 Å². The smallest absolute Gasteiger partial charge is 0.267 e. The summed E-state index contributed by atoms with van der Waals surface area (Å²) in [6, 6.07) is 12.7. The van der Waals surface area contributed by atoms with Gasteiger partial charge in [0, 0.05) is 45.0 Å². The minimum absolute atomic E-state index is 0. The lowest BCUT2D eigenvalue weighted by atomic mass is 9.85. The summed E-state index contributed by atoms with van der Waals surface area (Å²) in [5.74, 6) is -5.07. The number of benzene rings is 4. The summed E-state index contributed by atoms with van der Waals surface area (Å²) in [7, 11) is -14.7. The van der Waals surface area contributed by atoms with E-state index < -0.39 is 86.2 Å². The number of nitrogens with zero attached hydrogens (tertiary/aromatic N) is 2. The first kappa shape index (κ1) is 71.3. The standard InChI is InChI=1S/C29H40FN3O7S2.C25H32FN3O7S2.ClH/c1-7-8-13-40-14-9-12-32-41(35,36)22-10-11-26(25(16-22)39-6)42(37,38)33-27(34)17-24-23(19(2)3)15-21(18-31)29(30)28(24)20(4)5;1-15(2)19-11-17(14-27)25(26)24(16(3)4)20(19)13-23(31)29-38(34,35)22-8-7-18(12-21(22)36-5)37(32,33)28-9-6-10-30;/h10-11,15-16,19-20,32H,7-9,12-14,17H2,1-6H3,(H,33,34);7-8,11-12,15-16,28,30H,6,9-10,13H2,1-5H3,(H,29,31);1H.